The molecule has 0 unspecified atom stereocenters. The molecule has 0 aliphatic heterocycles. The van der Waals surface area contributed by atoms with Crippen LogP contribution in [0.2, 0.25) is 0 Å². The second kappa shape index (κ2) is 26.1. The summed E-state index contributed by atoms with van der Waals surface area (Å²) in [5.41, 5.74) is 8.20. The molecule has 0 aliphatic carbocycles. The van der Waals surface area contributed by atoms with Crippen LogP contribution >= 0.6 is 8.25 Å². The average Bonchev–Trinajstić information content (AvgIpc) is 3.09. The number of benzene rings is 4. The SMILES string of the molecule is CCCCCCCCCc1ccc(-c2ccccc2)cc1.CCCCCCCCCc1ccc(-c2ccccc2)cc1.O=[PH](O)O. The number of rotatable bonds is 18. The Labute approximate surface area is 281 Å². The van der Waals surface area contributed by atoms with Gasteiger partial charge in [-0.25, -0.2) is 0 Å². The summed E-state index contributed by atoms with van der Waals surface area (Å²) >= 11 is 0. The minimum Gasteiger partial charge on any atom is -0.326 e. The molecule has 0 amide bonds. The topological polar surface area (TPSA) is 57.5 Å². The van der Waals surface area contributed by atoms with Crippen LogP contribution in [-0.4, -0.2) is 9.79 Å². The maximum Gasteiger partial charge on any atom is 0.314 e. The maximum absolute atomic E-state index is 8.74. The lowest BCUT2D eigenvalue weighted by molar-refractivity contribution is 0.405. The molecule has 4 aromatic rings. The van der Waals surface area contributed by atoms with Crippen LogP contribution < -0.4 is 0 Å². The zero-order valence-electron chi connectivity index (χ0n) is 28.5. The molecule has 0 saturated heterocycles. The van der Waals surface area contributed by atoms with Gasteiger partial charge >= 0.3 is 8.25 Å². The molecule has 250 valence electrons. The van der Waals surface area contributed by atoms with Crippen LogP contribution in [0, 0.1) is 0 Å². The van der Waals surface area contributed by atoms with Crippen molar-refractivity contribution in [2.24, 2.45) is 0 Å². The van der Waals surface area contributed by atoms with E-state index in [-0.39, 0.29) is 0 Å². The second-order valence-electron chi connectivity index (χ2n) is 12.2. The van der Waals surface area contributed by atoms with Gasteiger partial charge in [0.05, 0.1) is 0 Å². The third-order valence-electron chi connectivity index (χ3n) is 8.26. The van der Waals surface area contributed by atoms with Gasteiger partial charge in [0.15, 0.2) is 0 Å². The molecular formula is C42H59O3P. The van der Waals surface area contributed by atoms with Crippen molar-refractivity contribution in [3.63, 3.8) is 0 Å². The van der Waals surface area contributed by atoms with E-state index in [0.29, 0.717) is 0 Å². The predicted octanol–water partition coefficient (Wildman–Crippen LogP) is 12.7. The zero-order chi connectivity index (χ0) is 33.1. The van der Waals surface area contributed by atoms with E-state index in [2.05, 4.69) is 123 Å². The first-order chi connectivity index (χ1) is 22.5. The van der Waals surface area contributed by atoms with Crippen LogP contribution in [0.5, 0.6) is 0 Å². The summed E-state index contributed by atoms with van der Waals surface area (Å²) < 4.78 is 8.74. The molecule has 3 nitrogen and oxygen atoms in total. The highest BCUT2D eigenvalue weighted by atomic mass is 31.1. The lowest BCUT2D eigenvalue weighted by Crippen LogP contribution is -1.87. The normalized spacial score (nSPS) is 10.5. The van der Waals surface area contributed by atoms with Gasteiger partial charge in [-0.05, 0) is 59.1 Å². The van der Waals surface area contributed by atoms with Crippen LogP contribution in [0.1, 0.15) is 115 Å². The van der Waals surface area contributed by atoms with Crippen molar-refractivity contribution in [2.45, 2.75) is 117 Å². The summed E-state index contributed by atoms with van der Waals surface area (Å²) in [6.07, 6.45) is 21.8. The van der Waals surface area contributed by atoms with E-state index >= 15 is 0 Å². The van der Waals surface area contributed by atoms with Crippen LogP contribution in [0.4, 0.5) is 0 Å². The van der Waals surface area contributed by atoms with Crippen molar-refractivity contribution in [1.82, 2.24) is 0 Å². The van der Waals surface area contributed by atoms with E-state index in [1.165, 1.54) is 136 Å². The number of aryl methyl sites for hydroxylation is 2. The lowest BCUT2D eigenvalue weighted by atomic mass is 10.0. The molecule has 0 fully saturated rings. The van der Waals surface area contributed by atoms with E-state index in [4.69, 9.17) is 14.4 Å². The number of hydrogen-bond donors (Lipinski definition) is 2. The number of unbranched alkanes of at least 4 members (excludes halogenated alkanes) is 12. The molecule has 4 aromatic carbocycles. The third kappa shape index (κ3) is 18.9. The van der Waals surface area contributed by atoms with Crippen molar-refractivity contribution in [3.8, 4) is 22.3 Å². The summed E-state index contributed by atoms with van der Waals surface area (Å²) in [4.78, 5) is 14.3. The first-order valence-electron chi connectivity index (χ1n) is 17.7. The maximum atomic E-state index is 8.74. The Bertz CT molecular complexity index is 1170. The van der Waals surface area contributed by atoms with Gasteiger partial charge < -0.3 is 9.79 Å². The van der Waals surface area contributed by atoms with Gasteiger partial charge in [-0.1, -0.05) is 200 Å². The van der Waals surface area contributed by atoms with Crippen molar-refractivity contribution in [1.29, 1.82) is 0 Å². The van der Waals surface area contributed by atoms with E-state index in [1.54, 1.807) is 0 Å². The molecule has 4 heteroatoms. The molecule has 46 heavy (non-hydrogen) atoms. The quantitative estimate of drug-likeness (QED) is 0.0838. The molecule has 0 radical (unpaired) electrons. The molecule has 4 rings (SSSR count). The molecule has 2 N–H and O–H groups in total. The van der Waals surface area contributed by atoms with E-state index in [1.807, 2.05) is 0 Å². The van der Waals surface area contributed by atoms with Gasteiger partial charge in [0, 0.05) is 0 Å². The smallest absolute Gasteiger partial charge is 0.314 e. The van der Waals surface area contributed by atoms with Gasteiger partial charge in [-0.15, -0.1) is 0 Å². The zero-order valence-corrected chi connectivity index (χ0v) is 29.5. The Kier molecular flexibility index (Phi) is 22.3. The van der Waals surface area contributed by atoms with Gasteiger partial charge in [0.2, 0.25) is 0 Å². The Balaban J connectivity index is 0.000000287. The van der Waals surface area contributed by atoms with Crippen LogP contribution in [-0.2, 0) is 17.4 Å². The van der Waals surface area contributed by atoms with Crippen molar-refractivity contribution in [2.75, 3.05) is 0 Å². The van der Waals surface area contributed by atoms with Gasteiger partial charge in [-0.3, -0.25) is 4.57 Å². The number of hydrogen-bond acceptors (Lipinski definition) is 1. The van der Waals surface area contributed by atoms with Crippen molar-refractivity contribution < 1.29 is 14.4 Å². The van der Waals surface area contributed by atoms with E-state index in [0.717, 1.165) is 0 Å². The Morgan fingerprint density at radius 2 is 0.652 bits per heavy atom. The molecular weight excluding hydrogens is 583 g/mol. The standard InChI is InChI=1S/2C21H28.H3O3P/c2*1-2-3-4-5-6-7-9-12-19-15-17-21(18-16-19)20-13-10-8-11-14-20;1-4(2)3/h2*8,10-11,13-18H,2-7,9,12H2,1H3;4H,(H2,1,2,3). The average molecular weight is 643 g/mol. The molecule has 0 atom stereocenters. The highest BCUT2D eigenvalue weighted by Crippen LogP contribution is 2.21. The molecule has 0 aliphatic rings. The molecule has 0 bridgehead atoms. The molecule has 0 heterocycles. The fourth-order valence-electron chi connectivity index (χ4n) is 5.56. The van der Waals surface area contributed by atoms with E-state index in [9.17, 15) is 0 Å². The predicted molar refractivity (Wildman–Crippen MR) is 201 cm³/mol. The van der Waals surface area contributed by atoms with E-state index < -0.39 is 8.25 Å². The fraction of sp³-hybridized carbons (Fsp3) is 0.429. The first-order valence-corrected chi connectivity index (χ1v) is 19.0. The second-order valence-corrected chi connectivity index (χ2v) is 12.7. The van der Waals surface area contributed by atoms with Crippen LogP contribution in [0.15, 0.2) is 109 Å². The van der Waals surface area contributed by atoms with Crippen LogP contribution in [0.25, 0.3) is 22.3 Å². The summed E-state index contributed by atoms with van der Waals surface area (Å²) in [6, 6.07) is 39.4. The summed E-state index contributed by atoms with van der Waals surface area (Å²) in [7, 11) is -3.13. The summed E-state index contributed by atoms with van der Waals surface area (Å²) in [5, 5.41) is 0. The first kappa shape index (κ1) is 39.2. The third-order valence-corrected chi connectivity index (χ3v) is 8.26. The minimum absolute atomic E-state index is 1.23. The van der Waals surface area contributed by atoms with Gasteiger partial charge in [0.1, 0.15) is 0 Å². The van der Waals surface area contributed by atoms with Gasteiger partial charge in [-0.2, -0.15) is 0 Å². The van der Waals surface area contributed by atoms with Crippen LogP contribution in [0.3, 0.4) is 0 Å². The Morgan fingerprint density at radius 1 is 0.391 bits per heavy atom. The minimum atomic E-state index is -3.13. The molecule has 0 spiro atoms. The van der Waals surface area contributed by atoms with Crippen molar-refractivity contribution in [3.05, 3.63) is 120 Å². The monoisotopic (exact) mass is 642 g/mol. The summed E-state index contributed by atoms with van der Waals surface area (Å²) in [5.74, 6) is 0. The summed E-state index contributed by atoms with van der Waals surface area (Å²) in [6.45, 7) is 4.55. The fourth-order valence-corrected chi connectivity index (χ4v) is 5.56. The highest BCUT2D eigenvalue weighted by molar-refractivity contribution is 7.30. The van der Waals surface area contributed by atoms with Crippen molar-refractivity contribution >= 4 is 8.25 Å². The Morgan fingerprint density at radius 3 is 0.957 bits per heavy atom. The van der Waals surface area contributed by atoms with Gasteiger partial charge in [0.25, 0.3) is 0 Å². The highest BCUT2D eigenvalue weighted by Gasteiger charge is 2.00. The largest absolute Gasteiger partial charge is 0.326 e. The lowest BCUT2D eigenvalue weighted by Gasteiger charge is -2.05. The molecule has 0 aromatic heterocycles. The Hall–Kier alpha value is -2.97. The molecule has 0 saturated carbocycles.